The highest BCUT2D eigenvalue weighted by atomic mass is 16.1. The van der Waals surface area contributed by atoms with Gasteiger partial charge >= 0.3 is 0 Å². The van der Waals surface area contributed by atoms with Gasteiger partial charge in [0.15, 0.2) is 5.78 Å². The van der Waals surface area contributed by atoms with E-state index in [1.165, 1.54) is 0 Å². The Morgan fingerprint density at radius 3 is 2.31 bits per heavy atom. The lowest BCUT2D eigenvalue weighted by Gasteiger charge is -2.12. The lowest BCUT2D eigenvalue weighted by atomic mass is 10.1. The minimum absolute atomic E-state index is 0.0617. The largest absolute Gasteiger partial charge is 0.327 e. The fourth-order valence-electron chi connectivity index (χ4n) is 4.72. The molecular formula is C34H28N6O2. The summed E-state index contributed by atoms with van der Waals surface area (Å²) in [4.78, 5) is 39.6. The maximum Gasteiger partial charge on any atom is 0.255 e. The molecule has 0 saturated heterocycles. The second-order valence-electron chi connectivity index (χ2n) is 9.99. The number of amides is 1. The van der Waals surface area contributed by atoms with E-state index in [-0.39, 0.29) is 18.2 Å². The molecular weight excluding hydrogens is 524 g/mol. The Labute approximate surface area is 243 Å². The number of imidazole rings is 1. The molecule has 0 aliphatic carbocycles. The van der Waals surface area contributed by atoms with E-state index in [1.807, 2.05) is 86.6 Å². The maximum atomic E-state index is 13.1. The maximum absolute atomic E-state index is 13.1. The topological polar surface area (TPSA) is 102 Å². The number of nitrogens with one attached hydrogen (secondary N) is 2. The van der Waals surface area contributed by atoms with Gasteiger partial charge in [0.05, 0.1) is 17.8 Å². The molecule has 0 fully saturated rings. The van der Waals surface area contributed by atoms with E-state index in [0.29, 0.717) is 22.8 Å². The third-order valence-corrected chi connectivity index (χ3v) is 7.10. The van der Waals surface area contributed by atoms with Gasteiger partial charge < -0.3 is 15.2 Å². The average molecular weight is 553 g/mol. The molecule has 0 aliphatic rings. The molecule has 8 nitrogen and oxygen atoms in total. The number of benzene rings is 4. The number of aromatic nitrogens is 4. The summed E-state index contributed by atoms with van der Waals surface area (Å²) in [7, 11) is 0. The number of fused-ring (bicyclic) bond motifs is 1. The van der Waals surface area contributed by atoms with Crippen molar-refractivity contribution in [1.29, 1.82) is 0 Å². The first-order valence-electron chi connectivity index (χ1n) is 13.6. The number of nitrogens with zero attached hydrogens (tertiary/aromatic N) is 4. The Hall–Kier alpha value is -5.63. The summed E-state index contributed by atoms with van der Waals surface area (Å²) in [5.74, 6) is 0.903. The van der Waals surface area contributed by atoms with Crippen molar-refractivity contribution in [1.82, 2.24) is 19.5 Å². The number of carbonyl (C=O) groups is 2. The van der Waals surface area contributed by atoms with Crippen LogP contribution in [0.1, 0.15) is 32.1 Å². The zero-order valence-corrected chi connectivity index (χ0v) is 23.2. The average Bonchev–Trinajstić information content (AvgIpc) is 3.42. The predicted octanol–water partition coefficient (Wildman–Crippen LogP) is 6.99. The van der Waals surface area contributed by atoms with Gasteiger partial charge in [-0.05, 0) is 55.8 Å². The van der Waals surface area contributed by atoms with Crippen molar-refractivity contribution < 1.29 is 9.59 Å². The van der Waals surface area contributed by atoms with Crippen molar-refractivity contribution in [3.05, 3.63) is 132 Å². The summed E-state index contributed by atoms with van der Waals surface area (Å²) < 4.78 is 1.79. The second-order valence-corrected chi connectivity index (χ2v) is 9.99. The van der Waals surface area contributed by atoms with Gasteiger partial charge in [0.2, 0.25) is 5.95 Å². The summed E-state index contributed by atoms with van der Waals surface area (Å²) in [6.45, 7) is 3.93. The van der Waals surface area contributed by atoms with Crippen LogP contribution in [0.15, 0.2) is 109 Å². The first kappa shape index (κ1) is 26.6. The number of hydrogen-bond acceptors (Lipinski definition) is 6. The molecule has 0 atom stereocenters. The third kappa shape index (κ3) is 5.64. The molecule has 8 heteroatoms. The van der Waals surface area contributed by atoms with Gasteiger partial charge in [0.25, 0.3) is 5.91 Å². The number of aryl methyl sites for hydroxylation is 2. The molecule has 0 radical (unpaired) electrons. The molecule has 2 heterocycles. The molecule has 1 amide bonds. The Morgan fingerprint density at radius 2 is 1.55 bits per heavy atom. The number of carbonyl (C=O) groups excluding carboxylic acids is 2. The molecule has 0 spiro atoms. The Balaban J connectivity index is 1.18. The van der Waals surface area contributed by atoms with E-state index in [4.69, 9.17) is 9.97 Å². The van der Waals surface area contributed by atoms with E-state index in [9.17, 15) is 9.59 Å². The fraction of sp³-hybridized carbons (Fsp3) is 0.0882. The highest BCUT2D eigenvalue weighted by molar-refractivity contribution is 6.06. The van der Waals surface area contributed by atoms with Crippen molar-refractivity contribution in [2.45, 2.75) is 20.4 Å². The van der Waals surface area contributed by atoms with E-state index < -0.39 is 0 Å². The van der Waals surface area contributed by atoms with Crippen LogP contribution in [0.3, 0.4) is 0 Å². The van der Waals surface area contributed by atoms with E-state index >= 15 is 0 Å². The van der Waals surface area contributed by atoms with Crippen LogP contribution in [-0.2, 0) is 6.54 Å². The van der Waals surface area contributed by atoms with Gasteiger partial charge in [-0.1, -0.05) is 60.7 Å². The second kappa shape index (κ2) is 11.5. The number of ketones is 1. The van der Waals surface area contributed by atoms with E-state index in [2.05, 4.69) is 15.6 Å². The van der Waals surface area contributed by atoms with Crippen LogP contribution in [0.2, 0.25) is 0 Å². The predicted molar refractivity (Wildman–Crippen MR) is 165 cm³/mol. The van der Waals surface area contributed by atoms with Crippen LogP contribution in [-0.4, -0.2) is 31.2 Å². The van der Waals surface area contributed by atoms with Crippen molar-refractivity contribution in [2.24, 2.45) is 0 Å². The highest BCUT2D eigenvalue weighted by Gasteiger charge is 2.14. The minimum Gasteiger partial charge on any atom is -0.327 e. The smallest absolute Gasteiger partial charge is 0.255 e. The zero-order valence-electron chi connectivity index (χ0n) is 23.2. The monoisotopic (exact) mass is 552 g/mol. The Morgan fingerprint density at radius 1 is 0.810 bits per heavy atom. The van der Waals surface area contributed by atoms with Gasteiger partial charge in [-0.25, -0.2) is 15.0 Å². The SMILES string of the molecule is Cc1ccc(C(=O)Cn2ccnc2C)cc1NC(=O)c1ccc(Nc2nc(-c3ccccc3)c3ccccc3n2)cc1. The Kier molecular flexibility index (Phi) is 7.26. The number of Topliss-reactive ketones (excluding diaryl/α,β-unsaturated/α-hetero) is 1. The van der Waals surface area contributed by atoms with Gasteiger partial charge in [-0.3, -0.25) is 9.59 Å². The number of anilines is 3. The van der Waals surface area contributed by atoms with Gasteiger partial charge in [-0.2, -0.15) is 0 Å². The quantitative estimate of drug-likeness (QED) is 0.197. The highest BCUT2D eigenvalue weighted by Crippen LogP contribution is 2.28. The first-order valence-corrected chi connectivity index (χ1v) is 13.6. The van der Waals surface area contributed by atoms with Crippen LogP contribution in [0.25, 0.3) is 22.2 Å². The molecule has 4 aromatic carbocycles. The fourth-order valence-corrected chi connectivity index (χ4v) is 4.72. The zero-order chi connectivity index (χ0) is 29.1. The lowest BCUT2D eigenvalue weighted by molar-refractivity contribution is 0.0969. The molecule has 0 aliphatic heterocycles. The molecule has 0 bridgehead atoms. The summed E-state index contributed by atoms with van der Waals surface area (Å²) in [5, 5.41) is 7.20. The minimum atomic E-state index is -0.270. The summed E-state index contributed by atoms with van der Waals surface area (Å²) >= 11 is 0. The molecule has 42 heavy (non-hydrogen) atoms. The molecule has 6 rings (SSSR count). The van der Waals surface area contributed by atoms with Crippen LogP contribution in [0.4, 0.5) is 17.3 Å². The van der Waals surface area contributed by atoms with Crippen molar-refractivity contribution in [3.63, 3.8) is 0 Å². The van der Waals surface area contributed by atoms with Gasteiger partial charge in [0, 0.05) is 45.8 Å². The molecule has 2 aromatic heterocycles. The van der Waals surface area contributed by atoms with Crippen LogP contribution < -0.4 is 10.6 Å². The van der Waals surface area contributed by atoms with Crippen molar-refractivity contribution in [3.8, 4) is 11.3 Å². The van der Waals surface area contributed by atoms with Crippen molar-refractivity contribution >= 4 is 39.9 Å². The van der Waals surface area contributed by atoms with Crippen LogP contribution in [0.5, 0.6) is 0 Å². The summed E-state index contributed by atoms with van der Waals surface area (Å²) in [6, 6.07) is 30.4. The van der Waals surface area contributed by atoms with Crippen LogP contribution in [0, 0.1) is 13.8 Å². The number of para-hydroxylation sites is 1. The summed E-state index contributed by atoms with van der Waals surface area (Å²) in [6.07, 6.45) is 3.44. The first-order chi connectivity index (χ1) is 20.4. The number of rotatable bonds is 8. The standard InChI is InChI=1S/C34H28N6O2/c1-22-12-13-26(31(41)21-40-19-18-35-23(40)2)20-30(22)37-33(42)25-14-16-27(17-15-25)36-34-38-29-11-7-6-10-28(29)32(39-34)24-8-4-3-5-9-24/h3-20H,21H2,1-2H3,(H,37,42)(H,36,38,39). The summed E-state index contributed by atoms with van der Waals surface area (Å²) in [5.41, 5.74) is 5.89. The van der Waals surface area contributed by atoms with Crippen LogP contribution >= 0.6 is 0 Å². The van der Waals surface area contributed by atoms with E-state index in [0.717, 1.165) is 39.2 Å². The molecule has 206 valence electrons. The van der Waals surface area contributed by atoms with Crippen molar-refractivity contribution in [2.75, 3.05) is 10.6 Å². The van der Waals surface area contributed by atoms with Gasteiger partial charge in [0.1, 0.15) is 5.82 Å². The third-order valence-electron chi connectivity index (χ3n) is 7.10. The Bertz CT molecular complexity index is 1910. The molecule has 6 aromatic rings. The molecule has 0 saturated carbocycles. The lowest BCUT2D eigenvalue weighted by Crippen LogP contribution is -2.15. The molecule has 0 unspecified atom stereocenters. The molecule has 2 N–H and O–H groups in total. The van der Waals surface area contributed by atoms with Gasteiger partial charge in [-0.15, -0.1) is 0 Å². The van der Waals surface area contributed by atoms with E-state index in [1.54, 1.807) is 41.2 Å². The number of hydrogen-bond donors (Lipinski definition) is 2. The normalized spacial score (nSPS) is 10.9.